The lowest BCUT2D eigenvalue weighted by molar-refractivity contribution is 0.170. The van der Waals surface area contributed by atoms with Crippen molar-refractivity contribution in [3.63, 3.8) is 0 Å². The van der Waals surface area contributed by atoms with Gasteiger partial charge in [-0.25, -0.2) is 4.39 Å². The number of hydrogen-bond donors (Lipinski definition) is 1. The molecule has 3 heteroatoms. The molecule has 1 rings (SSSR count). The van der Waals surface area contributed by atoms with Gasteiger partial charge >= 0.3 is 0 Å². The van der Waals surface area contributed by atoms with Gasteiger partial charge in [0.15, 0.2) is 0 Å². The van der Waals surface area contributed by atoms with Gasteiger partial charge in [0.1, 0.15) is 6.67 Å². The smallest absolute Gasteiger partial charge is 0.102 e. The monoisotopic (exact) mass is 202 g/mol. The van der Waals surface area contributed by atoms with Crippen LogP contribution in [0.5, 0.6) is 0 Å². The van der Waals surface area contributed by atoms with Gasteiger partial charge in [0.05, 0.1) is 0 Å². The van der Waals surface area contributed by atoms with Gasteiger partial charge in [-0.2, -0.15) is 0 Å². The Kier molecular flexibility index (Phi) is 5.41. The minimum Gasteiger partial charge on any atom is -0.314 e. The maximum absolute atomic E-state index is 12.1. The van der Waals surface area contributed by atoms with Gasteiger partial charge in [-0.3, -0.25) is 0 Å². The van der Waals surface area contributed by atoms with E-state index in [0.717, 1.165) is 25.6 Å². The lowest BCUT2D eigenvalue weighted by Crippen LogP contribution is -2.39. The molecule has 84 valence electrons. The van der Waals surface area contributed by atoms with Crippen LogP contribution in [0, 0.1) is 5.92 Å². The van der Waals surface area contributed by atoms with E-state index < -0.39 is 0 Å². The van der Waals surface area contributed by atoms with Crippen LogP contribution in [-0.4, -0.2) is 43.8 Å². The zero-order valence-electron chi connectivity index (χ0n) is 9.43. The Morgan fingerprint density at radius 3 is 2.50 bits per heavy atom. The van der Waals surface area contributed by atoms with E-state index in [1.807, 2.05) is 0 Å². The third kappa shape index (κ3) is 4.38. The fourth-order valence-corrected chi connectivity index (χ4v) is 1.94. The molecule has 1 fully saturated rings. The van der Waals surface area contributed by atoms with E-state index in [9.17, 15) is 4.39 Å². The van der Waals surface area contributed by atoms with Gasteiger partial charge < -0.3 is 10.2 Å². The van der Waals surface area contributed by atoms with E-state index in [2.05, 4.69) is 24.1 Å². The van der Waals surface area contributed by atoms with E-state index in [0.29, 0.717) is 12.6 Å². The Morgan fingerprint density at radius 1 is 1.36 bits per heavy atom. The maximum Gasteiger partial charge on any atom is 0.102 e. The molecule has 0 aromatic rings. The SMILES string of the molecule is CC(C)NCC1CCN(CCF)CC1. The second-order valence-corrected chi connectivity index (χ2v) is 4.54. The highest BCUT2D eigenvalue weighted by Crippen LogP contribution is 2.16. The van der Waals surface area contributed by atoms with E-state index in [4.69, 9.17) is 0 Å². The minimum absolute atomic E-state index is 0.199. The predicted molar refractivity (Wildman–Crippen MR) is 58.3 cm³/mol. The number of hydrogen-bond acceptors (Lipinski definition) is 2. The van der Waals surface area contributed by atoms with Crippen molar-refractivity contribution < 1.29 is 4.39 Å². The first kappa shape index (κ1) is 11.9. The summed E-state index contributed by atoms with van der Waals surface area (Å²) in [6, 6.07) is 0.582. The fourth-order valence-electron chi connectivity index (χ4n) is 1.94. The topological polar surface area (TPSA) is 15.3 Å². The summed E-state index contributed by atoms with van der Waals surface area (Å²) in [7, 11) is 0. The number of likely N-dealkylation sites (tertiary alicyclic amines) is 1. The summed E-state index contributed by atoms with van der Waals surface area (Å²) in [5.41, 5.74) is 0. The third-order valence-corrected chi connectivity index (χ3v) is 2.92. The highest BCUT2D eigenvalue weighted by Gasteiger charge is 2.18. The lowest BCUT2D eigenvalue weighted by Gasteiger charge is -2.31. The summed E-state index contributed by atoms with van der Waals surface area (Å²) in [4.78, 5) is 2.23. The molecule has 1 aliphatic heterocycles. The molecule has 0 atom stereocenters. The number of piperidine rings is 1. The standard InChI is InChI=1S/C11H23FN2/c1-10(2)13-9-11-3-6-14(7-4-11)8-5-12/h10-11,13H,3-9H2,1-2H3. The highest BCUT2D eigenvalue weighted by molar-refractivity contribution is 4.74. The molecule has 0 spiro atoms. The molecule has 0 aliphatic carbocycles. The molecule has 0 saturated carbocycles. The molecule has 0 aromatic carbocycles. The van der Waals surface area contributed by atoms with Crippen LogP contribution in [0.3, 0.4) is 0 Å². The molecule has 14 heavy (non-hydrogen) atoms. The Balaban J connectivity index is 2.09. The average Bonchev–Trinajstić information content (AvgIpc) is 2.17. The molecule has 2 nitrogen and oxygen atoms in total. The van der Waals surface area contributed by atoms with Crippen molar-refractivity contribution in [2.75, 3.05) is 32.9 Å². The van der Waals surface area contributed by atoms with Crippen LogP contribution < -0.4 is 5.32 Å². The Morgan fingerprint density at radius 2 is 2.00 bits per heavy atom. The van der Waals surface area contributed by atoms with Gasteiger partial charge in [0.25, 0.3) is 0 Å². The summed E-state index contributed by atoms with van der Waals surface area (Å²) >= 11 is 0. The van der Waals surface area contributed by atoms with Crippen LogP contribution >= 0.6 is 0 Å². The number of alkyl halides is 1. The van der Waals surface area contributed by atoms with Crippen LogP contribution in [0.4, 0.5) is 4.39 Å². The number of nitrogens with zero attached hydrogens (tertiary/aromatic N) is 1. The molecule has 1 heterocycles. The average molecular weight is 202 g/mol. The minimum atomic E-state index is -0.199. The summed E-state index contributed by atoms with van der Waals surface area (Å²) in [5, 5.41) is 3.47. The van der Waals surface area contributed by atoms with Crippen LogP contribution in [0.1, 0.15) is 26.7 Å². The first-order valence-electron chi connectivity index (χ1n) is 5.74. The molecule has 0 bridgehead atoms. The molecular formula is C11H23FN2. The zero-order valence-corrected chi connectivity index (χ0v) is 9.43. The molecule has 0 unspecified atom stereocenters. The number of rotatable bonds is 5. The van der Waals surface area contributed by atoms with Gasteiger partial charge in [0, 0.05) is 12.6 Å². The second kappa shape index (κ2) is 6.36. The summed E-state index contributed by atoms with van der Waals surface area (Å²) in [6.45, 7) is 8.07. The van der Waals surface area contributed by atoms with Crippen molar-refractivity contribution in [3.8, 4) is 0 Å². The molecule has 1 N–H and O–H groups in total. The molecule has 0 aromatic heterocycles. The van der Waals surface area contributed by atoms with Crippen molar-refractivity contribution >= 4 is 0 Å². The first-order chi connectivity index (χ1) is 6.72. The maximum atomic E-state index is 12.1. The van der Waals surface area contributed by atoms with Gasteiger partial charge in [-0.05, 0) is 38.4 Å². The van der Waals surface area contributed by atoms with Gasteiger partial charge in [-0.15, -0.1) is 0 Å². The van der Waals surface area contributed by atoms with Crippen LogP contribution in [0.15, 0.2) is 0 Å². The number of halogens is 1. The largest absolute Gasteiger partial charge is 0.314 e. The second-order valence-electron chi connectivity index (χ2n) is 4.54. The van der Waals surface area contributed by atoms with Crippen molar-refractivity contribution in [2.24, 2.45) is 5.92 Å². The van der Waals surface area contributed by atoms with E-state index in [1.54, 1.807) is 0 Å². The van der Waals surface area contributed by atoms with E-state index in [1.165, 1.54) is 12.8 Å². The summed E-state index contributed by atoms with van der Waals surface area (Å²) < 4.78 is 12.1. The van der Waals surface area contributed by atoms with Crippen molar-refractivity contribution in [3.05, 3.63) is 0 Å². The van der Waals surface area contributed by atoms with Crippen molar-refractivity contribution in [1.82, 2.24) is 10.2 Å². The van der Waals surface area contributed by atoms with Gasteiger partial charge in [-0.1, -0.05) is 13.8 Å². The lowest BCUT2D eigenvalue weighted by atomic mass is 9.96. The van der Waals surface area contributed by atoms with Gasteiger partial charge in [0.2, 0.25) is 0 Å². The fraction of sp³-hybridized carbons (Fsp3) is 1.00. The highest BCUT2D eigenvalue weighted by atomic mass is 19.1. The third-order valence-electron chi connectivity index (χ3n) is 2.92. The quantitative estimate of drug-likeness (QED) is 0.729. The van der Waals surface area contributed by atoms with Crippen LogP contribution in [-0.2, 0) is 0 Å². The molecule has 0 amide bonds. The van der Waals surface area contributed by atoms with Crippen molar-refractivity contribution in [2.45, 2.75) is 32.7 Å². The molecular weight excluding hydrogens is 179 g/mol. The Labute approximate surface area is 86.9 Å². The molecule has 1 aliphatic rings. The normalized spacial score (nSPS) is 20.6. The van der Waals surface area contributed by atoms with E-state index in [-0.39, 0.29) is 6.67 Å². The zero-order chi connectivity index (χ0) is 10.4. The van der Waals surface area contributed by atoms with Crippen LogP contribution in [0.25, 0.3) is 0 Å². The number of nitrogens with one attached hydrogen (secondary N) is 1. The Hall–Kier alpha value is -0.150. The van der Waals surface area contributed by atoms with E-state index >= 15 is 0 Å². The van der Waals surface area contributed by atoms with Crippen LogP contribution in [0.2, 0.25) is 0 Å². The molecule has 1 saturated heterocycles. The first-order valence-corrected chi connectivity index (χ1v) is 5.74. The molecule has 0 radical (unpaired) electrons. The summed E-state index contributed by atoms with van der Waals surface area (Å²) in [6.07, 6.45) is 2.44. The predicted octanol–water partition coefficient (Wildman–Crippen LogP) is 1.67. The summed E-state index contributed by atoms with van der Waals surface area (Å²) in [5.74, 6) is 0.799. The Bertz CT molecular complexity index is 142. The van der Waals surface area contributed by atoms with Crippen molar-refractivity contribution in [1.29, 1.82) is 0 Å².